The van der Waals surface area contributed by atoms with E-state index < -0.39 is 12.1 Å². The topological polar surface area (TPSA) is 55.8 Å². The molecular weight excluding hydrogens is 366 g/mol. The molecule has 1 atom stereocenters. The number of carbonyl (C=O) groups excluding carboxylic acids is 2. The lowest BCUT2D eigenvalue weighted by molar-refractivity contribution is -0.150. The van der Waals surface area contributed by atoms with Gasteiger partial charge in [0.1, 0.15) is 6.04 Å². The minimum atomic E-state index is -0.620. The van der Waals surface area contributed by atoms with E-state index in [1.165, 1.54) is 56.3 Å². The van der Waals surface area contributed by atoms with Crippen LogP contribution in [0.5, 0.6) is 0 Å². The molecule has 0 heterocycles. The number of carbonyl (C=O) groups is 2. The number of esters is 1. The zero-order valence-corrected chi connectivity index (χ0v) is 20.2. The number of ether oxygens (including phenoxy) is 2. The fraction of sp³-hybridized carbons (Fsp3) is 0.917. The van der Waals surface area contributed by atoms with Crippen LogP contribution in [0, 0.1) is 11.3 Å². The summed E-state index contributed by atoms with van der Waals surface area (Å²) in [5, 5.41) is 0. The third-order valence-electron chi connectivity index (χ3n) is 4.95. The molecule has 0 aliphatic carbocycles. The first-order chi connectivity index (χ1) is 13.6. The first kappa shape index (κ1) is 27.7. The van der Waals surface area contributed by atoms with Gasteiger partial charge in [-0.3, -0.25) is 4.90 Å². The Hall–Kier alpha value is -1.26. The Kier molecular flexibility index (Phi) is 14.9. The lowest BCUT2D eigenvalue weighted by atomic mass is 9.99. The molecule has 0 aromatic carbocycles. The lowest BCUT2D eigenvalue weighted by Gasteiger charge is -2.29. The summed E-state index contributed by atoms with van der Waals surface area (Å²) in [5.41, 5.74) is -0.111. The van der Waals surface area contributed by atoms with Crippen molar-refractivity contribution in [3.8, 4) is 0 Å². The molecule has 0 radical (unpaired) electrons. The summed E-state index contributed by atoms with van der Waals surface area (Å²) in [6.07, 6.45) is 11.9. The van der Waals surface area contributed by atoms with Gasteiger partial charge in [-0.25, -0.2) is 9.59 Å². The van der Waals surface area contributed by atoms with Crippen LogP contribution in [-0.2, 0) is 14.3 Å². The van der Waals surface area contributed by atoms with Crippen molar-refractivity contribution < 1.29 is 19.1 Å². The molecule has 5 nitrogen and oxygen atoms in total. The van der Waals surface area contributed by atoms with Crippen molar-refractivity contribution >= 4 is 12.1 Å². The molecule has 0 aliphatic rings. The van der Waals surface area contributed by atoms with Crippen LogP contribution in [0.2, 0.25) is 0 Å². The van der Waals surface area contributed by atoms with Gasteiger partial charge in [0.05, 0.1) is 13.2 Å². The van der Waals surface area contributed by atoms with E-state index >= 15 is 0 Å². The number of amides is 1. The smallest absolute Gasteiger partial charge is 0.410 e. The van der Waals surface area contributed by atoms with Crippen LogP contribution in [0.3, 0.4) is 0 Å². The Morgan fingerprint density at radius 3 is 1.76 bits per heavy atom. The highest BCUT2D eigenvalue weighted by molar-refractivity contribution is 5.81. The SMILES string of the molecule is CCCCCCCCCCCCOC(=O)C(C(C)C)N(C)C(=O)OCC(C)(C)C. The molecule has 0 N–H and O–H groups in total. The number of hydrogen-bond donors (Lipinski definition) is 0. The fourth-order valence-electron chi connectivity index (χ4n) is 3.22. The first-order valence-electron chi connectivity index (χ1n) is 11.7. The second-order valence-electron chi connectivity index (χ2n) is 9.76. The predicted octanol–water partition coefficient (Wildman–Crippen LogP) is 6.59. The fourth-order valence-corrected chi connectivity index (χ4v) is 3.22. The Morgan fingerprint density at radius 1 is 0.828 bits per heavy atom. The highest BCUT2D eigenvalue weighted by atomic mass is 16.6. The molecular formula is C24H47NO4. The molecule has 29 heavy (non-hydrogen) atoms. The number of rotatable bonds is 15. The Bertz CT molecular complexity index is 443. The second-order valence-corrected chi connectivity index (χ2v) is 9.76. The van der Waals surface area contributed by atoms with Crippen LogP contribution >= 0.6 is 0 Å². The van der Waals surface area contributed by atoms with Crippen molar-refractivity contribution in [1.82, 2.24) is 4.90 Å². The van der Waals surface area contributed by atoms with E-state index in [9.17, 15) is 9.59 Å². The van der Waals surface area contributed by atoms with E-state index in [2.05, 4.69) is 6.92 Å². The Labute approximate surface area is 179 Å². The largest absolute Gasteiger partial charge is 0.464 e. The highest BCUT2D eigenvalue weighted by Gasteiger charge is 2.32. The van der Waals surface area contributed by atoms with Gasteiger partial charge in [-0.2, -0.15) is 0 Å². The molecule has 0 spiro atoms. The molecule has 172 valence electrons. The third-order valence-corrected chi connectivity index (χ3v) is 4.95. The molecule has 0 aliphatic heterocycles. The molecule has 1 unspecified atom stereocenters. The van der Waals surface area contributed by atoms with E-state index in [0.717, 1.165) is 12.8 Å². The maximum atomic E-state index is 12.5. The number of hydrogen-bond acceptors (Lipinski definition) is 4. The van der Waals surface area contributed by atoms with Gasteiger partial charge in [-0.05, 0) is 17.8 Å². The summed E-state index contributed by atoms with van der Waals surface area (Å²) in [4.78, 5) is 26.2. The molecule has 0 fully saturated rings. The molecule has 0 saturated heterocycles. The van der Waals surface area contributed by atoms with Crippen LogP contribution < -0.4 is 0 Å². The van der Waals surface area contributed by atoms with Crippen LogP contribution in [0.15, 0.2) is 0 Å². The zero-order valence-electron chi connectivity index (χ0n) is 20.2. The summed E-state index contributed by atoms with van der Waals surface area (Å²) in [6.45, 7) is 12.8. The molecule has 0 aromatic heterocycles. The summed E-state index contributed by atoms with van der Waals surface area (Å²) in [5.74, 6) is -0.381. The van der Waals surface area contributed by atoms with Crippen LogP contribution in [-0.4, -0.2) is 43.3 Å². The molecule has 0 aromatic rings. The van der Waals surface area contributed by atoms with Crippen LogP contribution in [0.1, 0.15) is 106 Å². The average molecular weight is 414 g/mol. The van der Waals surface area contributed by atoms with Gasteiger partial charge in [0, 0.05) is 7.05 Å². The minimum absolute atomic E-state index is 0.0394. The number of nitrogens with zero attached hydrogens (tertiary/aromatic N) is 1. The predicted molar refractivity (Wildman–Crippen MR) is 120 cm³/mol. The maximum Gasteiger partial charge on any atom is 0.410 e. The Morgan fingerprint density at radius 2 is 1.31 bits per heavy atom. The summed E-state index contributed by atoms with van der Waals surface area (Å²) < 4.78 is 10.8. The zero-order chi connectivity index (χ0) is 22.3. The first-order valence-corrected chi connectivity index (χ1v) is 11.7. The number of likely N-dealkylation sites (N-methyl/N-ethyl adjacent to an activating group) is 1. The highest BCUT2D eigenvalue weighted by Crippen LogP contribution is 2.17. The van der Waals surface area contributed by atoms with E-state index in [1.54, 1.807) is 7.05 Å². The molecule has 0 saturated carbocycles. The van der Waals surface area contributed by atoms with E-state index in [4.69, 9.17) is 9.47 Å². The van der Waals surface area contributed by atoms with Crippen LogP contribution in [0.25, 0.3) is 0 Å². The second kappa shape index (κ2) is 15.6. The standard InChI is InChI=1S/C24H47NO4/c1-8-9-10-11-12-13-14-15-16-17-18-28-22(26)21(20(2)3)25(7)23(27)29-19-24(4,5)6/h20-21H,8-19H2,1-7H3. The van der Waals surface area contributed by atoms with Gasteiger partial charge < -0.3 is 9.47 Å². The van der Waals surface area contributed by atoms with E-state index in [1.807, 2.05) is 34.6 Å². The van der Waals surface area contributed by atoms with Gasteiger partial charge in [0.15, 0.2) is 0 Å². The van der Waals surface area contributed by atoms with Crippen molar-refractivity contribution in [3.05, 3.63) is 0 Å². The van der Waals surface area contributed by atoms with Crippen molar-refractivity contribution in [2.45, 2.75) is 112 Å². The van der Waals surface area contributed by atoms with Gasteiger partial charge in [-0.15, -0.1) is 0 Å². The van der Waals surface area contributed by atoms with Crippen LogP contribution in [0.4, 0.5) is 4.79 Å². The third kappa shape index (κ3) is 14.4. The normalized spacial score (nSPS) is 12.7. The lowest BCUT2D eigenvalue weighted by Crippen LogP contribution is -2.47. The van der Waals surface area contributed by atoms with Gasteiger partial charge in [0.25, 0.3) is 0 Å². The summed E-state index contributed by atoms with van der Waals surface area (Å²) >= 11 is 0. The molecule has 1 amide bonds. The summed E-state index contributed by atoms with van der Waals surface area (Å²) in [6, 6.07) is -0.620. The minimum Gasteiger partial charge on any atom is -0.464 e. The quantitative estimate of drug-likeness (QED) is 0.224. The molecule has 5 heteroatoms. The van der Waals surface area contributed by atoms with E-state index in [-0.39, 0.29) is 17.3 Å². The van der Waals surface area contributed by atoms with Crippen molar-refractivity contribution in [3.63, 3.8) is 0 Å². The Balaban J connectivity index is 4.08. The maximum absolute atomic E-state index is 12.5. The van der Waals surface area contributed by atoms with Gasteiger partial charge in [-0.1, -0.05) is 99.3 Å². The average Bonchev–Trinajstić information content (AvgIpc) is 2.63. The monoisotopic (exact) mass is 413 g/mol. The van der Waals surface area contributed by atoms with Crippen molar-refractivity contribution in [2.75, 3.05) is 20.3 Å². The molecule has 0 bridgehead atoms. The van der Waals surface area contributed by atoms with E-state index in [0.29, 0.717) is 13.2 Å². The van der Waals surface area contributed by atoms with Crippen molar-refractivity contribution in [1.29, 1.82) is 0 Å². The molecule has 0 rings (SSSR count). The summed E-state index contributed by atoms with van der Waals surface area (Å²) in [7, 11) is 1.61. The van der Waals surface area contributed by atoms with Gasteiger partial charge in [0.2, 0.25) is 0 Å². The van der Waals surface area contributed by atoms with Crippen molar-refractivity contribution in [2.24, 2.45) is 11.3 Å². The van der Waals surface area contributed by atoms with Gasteiger partial charge >= 0.3 is 12.1 Å². The number of unbranched alkanes of at least 4 members (excludes halogenated alkanes) is 9.